The first-order valence-electron chi connectivity index (χ1n) is 4.19. The molecule has 2 rings (SSSR count). The molecule has 0 amide bonds. The number of benzene rings is 1. The Hall–Kier alpha value is -2.39. The predicted octanol–water partition coefficient (Wildman–Crippen LogP) is 2.10. The Labute approximate surface area is 84.7 Å². The van der Waals surface area contributed by atoms with Crippen molar-refractivity contribution in [2.24, 2.45) is 5.11 Å². The Kier molecular flexibility index (Phi) is 2.08. The fourth-order valence-corrected chi connectivity index (χ4v) is 1.40. The smallest absolute Gasteiger partial charge is 0.235 e. The van der Waals surface area contributed by atoms with Crippen molar-refractivity contribution in [2.45, 2.75) is 0 Å². The molecule has 1 aromatic rings. The van der Waals surface area contributed by atoms with Crippen LogP contribution >= 0.6 is 0 Å². The van der Waals surface area contributed by atoms with Gasteiger partial charge in [0.2, 0.25) is 11.6 Å². The van der Waals surface area contributed by atoms with Crippen molar-refractivity contribution >= 4 is 17.6 Å². The molecule has 0 aromatic heterocycles. The monoisotopic (exact) mass is 199 g/mol. The first-order chi connectivity index (χ1) is 7.24. The number of rotatable bonds is 1. The first-order valence-corrected chi connectivity index (χ1v) is 4.19. The maximum atomic E-state index is 11.5. The number of hydrogen-bond acceptors (Lipinski definition) is 3. The number of ketones is 2. The van der Waals surface area contributed by atoms with Gasteiger partial charge in [-0.25, -0.2) is 0 Å². The molecule has 0 atom stereocenters. The average molecular weight is 199 g/mol. The Balaban J connectivity index is 2.67. The molecule has 0 fully saturated rings. The van der Waals surface area contributed by atoms with Crippen LogP contribution < -0.4 is 0 Å². The number of Topliss-reactive ketones (excluding diaryl/α,β-unsaturated/α-hetero) is 2. The summed E-state index contributed by atoms with van der Waals surface area (Å²) in [4.78, 5) is 25.4. The van der Waals surface area contributed by atoms with Gasteiger partial charge in [0.1, 0.15) is 0 Å². The van der Waals surface area contributed by atoms with E-state index >= 15 is 0 Å². The SMILES string of the molecule is [N-]=[N+]=NC1=Cc2ccccc2C(=O)C1=O. The van der Waals surface area contributed by atoms with Gasteiger partial charge in [-0.05, 0) is 17.2 Å². The molecule has 0 unspecified atom stereocenters. The number of allylic oxidation sites excluding steroid dienone is 1. The highest BCUT2D eigenvalue weighted by atomic mass is 16.2. The molecule has 5 heteroatoms. The Morgan fingerprint density at radius 1 is 1.13 bits per heavy atom. The zero-order valence-electron chi connectivity index (χ0n) is 7.54. The molecule has 0 spiro atoms. The number of azide groups is 1. The Morgan fingerprint density at radius 2 is 1.87 bits per heavy atom. The van der Waals surface area contributed by atoms with Gasteiger partial charge in [-0.1, -0.05) is 29.4 Å². The van der Waals surface area contributed by atoms with Gasteiger partial charge in [-0.3, -0.25) is 9.59 Å². The number of nitrogens with zero attached hydrogens (tertiary/aromatic N) is 3. The number of carbonyl (C=O) groups excluding carboxylic acids is 2. The standard InChI is InChI=1S/C10H5N3O2/c11-13-12-8-5-6-3-1-2-4-7(6)9(14)10(8)15/h1-5H. The fourth-order valence-electron chi connectivity index (χ4n) is 1.40. The van der Waals surface area contributed by atoms with Crippen LogP contribution in [0.1, 0.15) is 15.9 Å². The fraction of sp³-hybridized carbons (Fsp3) is 0. The van der Waals surface area contributed by atoms with E-state index in [-0.39, 0.29) is 5.70 Å². The van der Waals surface area contributed by atoms with Crippen LogP contribution in [-0.4, -0.2) is 11.6 Å². The second-order valence-corrected chi connectivity index (χ2v) is 2.96. The van der Waals surface area contributed by atoms with Gasteiger partial charge < -0.3 is 0 Å². The summed E-state index contributed by atoms with van der Waals surface area (Å²) in [5.74, 6) is -1.39. The normalized spacial score (nSPS) is 14.0. The van der Waals surface area contributed by atoms with Gasteiger partial charge in [-0.15, -0.1) is 0 Å². The second-order valence-electron chi connectivity index (χ2n) is 2.96. The van der Waals surface area contributed by atoms with E-state index < -0.39 is 11.6 Å². The number of carbonyl (C=O) groups is 2. The molecular formula is C10H5N3O2. The van der Waals surface area contributed by atoms with Crippen molar-refractivity contribution in [3.8, 4) is 0 Å². The molecular weight excluding hydrogens is 194 g/mol. The van der Waals surface area contributed by atoms with E-state index in [1.54, 1.807) is 24.3 Å². The van der Waals surface area contributed by atoms with E-state index in [1.165, 1.54) is 6.08 Å². The van der Waals surface area contributed by atoms with E-state index in [1.807, 2.05) is 0 Å². The second kappa shape index (κ2) is 3.40. The van der Waals surface area contributed by atoms with Crippen molar-refractivity contribution in [2.75, 3.05) is 0 Å². The van der Waals surface area contributed by atoms with Crippen LogP contribution in [0.15, 0.2) is 35.1 Å². The third kappa shape index (κ3) is 1.41. The van der Waals surface area contributed by atoms with Crippen LogP contribution in [0.3, 0.4) is 0 Å². The third-order valence-electron chi connectivity index (χ3n) is 2.09. The van der Waals surface area contributed by atoms with E-state index in [0.29, 0.717) is 11.1 Å². The van der Waals surface area contributed by atoms with Crippen LogP contribution in [0, 0.1) is 0 Å². The molecule has 0 heterocycles. The molecule has 0 aliphatic heterocycles. The van der Waals surface area contributed by atoms with Gasteiger partial charge in [0.15, 0.2) is 0 Å². The lowest BCUT2D eigenvalue weighted by Gasteiger charge is -2.10. The Morgan fingerprint density at radius 3 is 2.60 bits per heavy atom. The predicted molar refractivity (Wildman–Crippen MR) is 52.9 cm³/mol. The van der Waals surface area contributed by atoms with Gasteiger partial charge in [-0.2, -0.15) is 0 Å². The Bertz CT molecular complexity index is 539. The summed E-state index contributed by atoms with van der Waals surface area (Å²) in [6.07, 6.45) is 1.42. The summed E-state index contributed by atoms with van der Waals surface area (Å²) in [7, 11) is 0. The van der Waals surface area contributed by atoms with E-state index in [4.69, 9.17) is 5.53 Å². The van der Waals surface area contributed by atoms with E-state index in [9.17, 15) is 9.59 Å². The topological polar surface area (TPSA) is 82.9 Å². The molecule has 72 valence electrons. The van der Waals surface area contributed by atoms with Gasteiger partial charge in [0.25, 0.3) is 0 Å². The number of hydrogen-bond donors (Lipinski definition) is 0. The van der Waals surface area contributed by atoms with Crippen molar-refractivity contribution in [3.63, 3.8) is 0 Å². The zero-order valence-corrected chi connectivity index (χ0v) is 7.54. The van der Waals surface area contributed by atoms with Crippen molar-refractivity contribution < 1.29 is 9.59 Å². The first kappa shape index (κ1) is 9.18. The van der Waals surface area contributed by atoms with E-state index in [0.717, 1.165) is 0 Å². The molecule has 5 nitrogen and oxygen atoms in total. The van der Waals surface area contributed by atoms with Crippen LogP contribution in [0.5, 0.6) is 0 Å². The van der Waals surface area contributed by atoms with Crippen molar-refractivity contribution in [1.82, 2.24) is 0 Å². The summed E-state index contributed by atoms with van der Waals surface area (Å²) >= 11 is 0. The van der Waals surface area contributed by atoms with Crippen LogP contribution in [0.4, 0.5) is 0 Å². The molecule has 0 bridgehead atoms. The van der Waals surface area contributed by atoms with E-state index in [2.05, 4.69) is 10.0 Å². The number of fused-ring (bicyclic) bond motifs is 1. The molecule has 0 saturated heterocycles. The van der Waals surface area contributed by atoms with Crippen molar-refractivity contribution in [1.29, 1.82) is 0 Å². The van der Waals surface area contributed by atoms with Crippen LogP contribution in [0.2, 0.25) is 0 Å². The van der Waals surface area contributed by atoms with Crippen LogP contribution in [0.25, 0.3) is 16.5 Å². The average Bonchev–Trinajstić information content (AvgIpc) is 2.26. The molecule has 15 heavy (non-hydrogen) atoms. The lowest BCUT2D eigenvalue weighted by atomic mass is 9.94. The molecule has 0 radical (unpaired) electrons. The maximum absolute atomic E-state index is 11.5. The largest absolute Gasteiger partial charge is 0.285 e. The minimum Gasteiger partial charge on any atom is -0.285 e. The van der Waals surface area contributed by atoms with Gasteiger partial charge in [0, 0.05) is 10.5 Å². The third-order valence-corrected chi connectivity index (χ3v) is 2.09. The summed E-state index contributed by atoms with van der Waals surface area (Å²) < 4.78 is 0. The molecule has 1 aliphatic rings. The highest BCUT2D eigenvalue weighted by molar-refractivity contribution is 6.51. The van der Waals surface area contributed by atoms with Crippen molar-refractivity contribution in [3.05, 3.63) is 51.5 Å². The minimum atomic E-state index is -0.758. The maximum Gasteiger partial charge on any atom is 0.235 e. The lowest BCUT2D eigenvalue weighted by Crippen LogP contribution is -2.20. The molecule has 0 saturated carbocycles. The molecule has 1 aromatic carbocycles. The van der Waals surface area contributed by atoms with Gasteiger partial charge >= 0.3 is 0 Å². The summed E-state index contributed by atoms with van der Waals surface area (Å²) in [5, 5.41) is 3.19. The van der Waals surface area contributed by atoms with Gasteiger partial charge in [0.05, 0.1) is 5.70 Å². The van der Waals surface area contributed by atoms with Crippen LogP contribution in [-0.2, 0) is 4.79 Å². The lowest BCUT2D eigenvalue weighted by molar-refractivity contribution is -0.111. The highest BCUT2D eigenvalue weighted by Gasteiger charge is 2.26. The zero-order chi connectivity index (χ0) is 10.8. The summed E-state index contributed by atoms with van der Waals surface area (Å²) in [5.41, 5.74) is 9.02. The minimum absolute atomic E-state index is 0.152. The summed E-state index contributed by atoms with van der Waals surface area (Å²) in [6.45, 7) is 0. The molecule has 1 aliphatic carbocycles. The molecule has 0 N–H and O–H groups in total. The highest BCUT2D eigenvalue weighted by Crippen LogP contribution is 2.22. The summed E-state index contributed by atoms with van der Waals surface area (Å²) in [6, 6.07) is 6.67. The quantitative estimate of drug-likeness (QED) is 0.300.